The van der Waals surface area contributed by atoms with Crippen molar-refractivity contribution in [3.05, 3.63) is 34.3 Å². The molecule has 14 heavy (non-hydrogen) atoms. The second-order valence-corrected chi connectivity index (χ2v) is 9.64. The first-order valence-electron chi connectivity index (χ1n) is 4.68. The Morgan fingerprint density at radius 2 is 1.86 bits per heavy atom. The van der Waals surface area contributed by atoms with Crippen molar-refractivity contribution in [3.63, 3.8) is 0 Å². The molecule has 1 rings (SSSR count). The lowest BCUT2D eigenvalue weighted by Crippen LogP contribution is -2.16. The minimum atomic E-state index is -1.30. The van der Waals surface area contributed by atoms with Crippen LogP contribution in [-0.2, 0) is 0 Å². The number of hydrogen-bond acceptors (Lipinski definition) is 0. The maximum atomic E-state index is 6.07. The standard InChI is InChI=1S/C12H15ClSi/c1-10-5-6-11(12(13)9-10)7-8-14(2,3)4/h5-6,9H,1-4H3. The average Bonchev–Trinajstić information content (AvgIpc) is 2.00. The summed E-state index contributed by atoms with van der Waals surface area (Å²) in [7, 11) is -1.30. The molecule has 0 aliphatic heterocycles. The van der Waals surface area contributed by atoms with Crippen LogP contribution in [0.5, 0.6) is 0 Å². The zero-order valence-corrected chi connectivity index (χ0v) is 10.9. The van der Waals surface area contributed by atoms with Crippen LogP contribution >= 0.6 is 11.6 Å². The van der Waals surface area contributed by atoms with Gasteiger partial charge in [0.05, 0.1) is 5.02 Å². The molecule has 0 radical (unpaired) electrons. The number of rotatable bonds is 0. The summed E-state index contributed by atoms with van der Waals surface area (Å²) in [5.41, 5.74) is 5.42. The Hall–Kier alpha value is -0.713. The summed E-state index contributed by atoms with van der Waals surface area (Å²) < 4.78 is 0. The second kappa shape index (κ2) is 4.21. The van der Waals surface area contributed by atoms with Crippen LogP contribution in [0.25, 0.3) is 0 Å². The van der Waals surface area contributed by atoms with Crippen LogP contribution in [0, 0.1) is 18.4 Å². The molecule has 0 fully saturated rings. The van der Waals surface area contributed by atoms with Crippen molar-refractivity contribution in [3.8, 4) is 11.5 Å². The summed E-state index contributed by atoms with van der Waals surface area (Å²) in [5.74, 6) is 3.16. The van der Waals surface area contributed by atoms with E-state index in [0.717, 1.165) is 10.6 Å². The molecule has 1 aromatic rings. The van der Waals surface area contributed by atoms with Crippen LogP contribution in [0.1, 0.15) is 11.1 Å². The summed E-state index contributed by atoms with van der Waals surface area (Å²) in [5, 5.41) is 0.760. The minimum Gasteiger partial charge on any atom is -0.127 e. The maximum Gasteiger partial charge on any atom is 0.129 e. The van der Waals surface area contributed by atoms with E-state index in [1.807, 2.05) is 25.1 Å². The molecule has 0 amide bonds. The van der Waals surface area contributed by atoms with E-state index < -0.39 is 8.07 Å². The van der Waals surface area contributed by atoms with Gasteiger partial charge < -0.3 is 0 Å². The van der Waals surface area contributed by atoms with E-state index >= 15 is 0 Å². The zero-order valence-electron chi connectivity index (χ0n) is 9.11. The van der Waals surface area contributed by atoms with Crippen molar-refractivity contribution in [2.24, 2.45) is 0 Å². The van der Waals surface area contributed by atoms with Crippen molar-refractivity contribution in [1.29, 1.82) is 0 Å². The Bertz CT molecular complexity index is 391. The predicted molar refractivity (Wildman–Crippen MR) is 66.4 cm³/mol. The first-order valence-corrected chi connectivity index (χ1v) is 8.55. The predicted octanol–water partition coefficient (Wildman–Crippen LogP) is 3.88. The molecule has 0 unspecified atom stereocenters. The van der Waals surface area contributed by atoms with Crippen LogP contribution < -0.4 is 0 Å². The van der Waals surface area contributed by atoms with Crippen LogP contribution in [-0.4, -0.2) is 8.07 Å². The Balaban J connectivity index is 3.02. The molecule has 0 aliphatic carbocycles. The third kappa shape index (κ3) is 3.57. The third-order valence-electron chi connectivity index (χ3n) is 1.70. The van der Waals surface area contributed by atoms with Crippen LogP contribution in [0.4, 0.5) is 0 Å². The van der Waals surface area contributed by atoms with Crippen molar-refractivity contribution >= 4 is 19.7 Å². The highest BCUT2D eigenvalue weighted by Crippen LogP contribution is 2.16. The van der Waals surface area contributed by atoms with E-state index in [1.54, 1.807) is 0 Å². The lowest BCUT2D eigenvalue weighted by molar-refractivity contribution is 1.46. The molecule has 74 valence electrons. The van der Waals surface area contributed by atoms with Gasteiger partial charge in [-0.05, 0) is 24.6 Å². The van der Waals surface area contributed by atoms with Crippen LogP contribution in [0.3, 0.4) is 0 Å². The monoisotopic (exact) mass is 222 g/mol. The molecule has 0 bridgehead atoms. The van der Waals surface area contributed by atoms with E-state index in [-0.39, 0.29) is 0 Å². The fourth-order valence-corrected chi connectivity index (χ4v) is 1.77. The van der Waals surface area contributed by atoms with Crippen molar-refractivity contribution < 1.29 is 0 Å². The van der Waals surface area contributed by atoms with Crippen LogP contribution in [0.2, 0.25) is 24.7 Å². The normalized spacial score (nSPS) is 10.6. The molecule has 0 spiro atoms. The fraction of sp³-hybridized carbons (Fsp3) is 0.333. The lowest BCUT2D eigenvalue weighted by atomic mass is 10.2. The number of hydrogen-bond donors (Lipinski definition) is 0. The second-order valence-electron chi connectivity index (χ2n) is 4.48. The first-order chi connectivity index (χ1) is 6.38. The summed E-state index contributed by atoms with van der Waals surface area (Å²) >= 11 is 6.07. The largest absolute Gasteiger partial charge is 0.129 e. The van der Waals surface area contributed by atoms with E-state index in [0.29, 0.717) is 0 Å². The summed E-state index contributed by atoms with van der Waals surface area (Å²) in [4.78, 5) is 0. The molecule has 0 saturated carbocycles. The molecular formula is C12H15ClSi. The van der Waals surface area contributed by atoms with E-state index in [2.05, 4.69) is 31.1 Å². The van der Waals surface area contributed by atoms with Gasteiger partial charge in [-0.15, -0.1) is 5.54 Å². The van der Waals surface area contributed by atoms with Gasteiger partial charge in [0.1, 0.15) is 8.07 Å². The average molecular weight is 223 g/mol. The number of halogens is 1. The maximum absolute atomic E-state index is 6.07. The van der Waals surface area contributed by atoms with Gasteiger partial charge in [-0.25, -0.2) is 0 Å². The fourth-order valence-electron chi connectivity index (χ4n) is 0.976. The van der Waals surface area contributed by atoms with Crippen molar-refractivity contribution in [1.82, 2.24) is 0 Å². The first kappa shape index (κ1) is 11.4. The smallest absolute Gasteiger partial charge is 0.127 e. The van der Waals surface area contributed by atoms with Gasteiger partial charge in [-0.1, -0.05) is 43.2 Å². The molecule has 0 N–H and O–H groups in total. The molecule has 0 aromatic heterocycles. The summed E-state index contributed by atoms with van der Waals surface area (Å²) in [6.07, 6.45) is 0. The summed E-state index contributed by atoms with van der Waals surface area (Å²) in [6, 6.07) is 5.99. The Kier molecular flexibility index (Phi) is 3.42. The molecule has 0 atom stereocenters. The topological polar surface area (TPSA) is 0 Å². The molecular weight excluding hydrogens is 208 g/mol. The Morgan fingerprint density at radius 3 is 2.36 bits per heavy atom. The van der Waals surface area contributed by atoms with E-state index in [1.165, 1.54) is 5.56 Å². The van der Waals surface area contributed by atoms with Gasteiger partial charge in [0.2, 0.25) is 0 Å². The van der Waals surface area contributed by atoms with Crippen LogP contribution in [0.15, 0.2) is 18.2 Å². The lowest BCUT2D eigenvalue weighted by Gasteiger charge is -2.04. The third-order valence-corrected chi connectivity index (χ3v) is 2.88. The van der Waals surface area contributed by atoms with Gasteiger partial charge in [0.15, 0.2) is 0 Å². The highest BCUT2D eigenvalue weighted by Gasteiger charge is 2.07. The Morgan fingerprint density at radius 1 is 1.21 bits per heavy atom. The van der Waals surface area contributed by atoms with Crippen molar-refractivity contribution in [2.45, 2.75) is 26.6 Å². The highest BCUT2D eigenvalue weighted by atomic mass is 35.5. The molecule has 0 saturated heterocycles. The summed E-state index contributed by atoms with van der Waals surface area (Å²) in [6.45, 7) is 8.70. The number of benzene rings is 1. The van der Waals surface area contributed by atoms with Gasteiger partial charge in [0.25, 0.3) is 0 Å². The minimum absolute atomic E-state index is 0.760. The number of aryl methyl sites for hydroxylation is 1. The molecule has 0 aliphatic rings. The molecule has 0 heterocycles. The molecule has 2 heteroatoms. The van der Waals surface area contributed by atoms with Gasteiger partial charge >= 0.3 is 0 Å². The molecule has 0 nitrogen and oxygen atoms in total. The molecule has 1 aromatic carbocycles. The Labute approximate surface area is 92.3 Å². The zero-order chi connectivity index (χ0) is 10.8. The van der Waals surface area contributed by atoms with Gasteiger partial charge in [-0.3, -0.25) is 0 Å². The van der Waals surface area contributed by atoms with E-state index in [4.69, 9.17) is 11.6 Å². The SMILES string of the molecule is Cc1ccc(C#C[Si](C)(C)C)c(Cl)c1. The van der Waals surface area contributed by atoms with E-state index in [9.17, 15) is 0 Å². The van der Waals surface area contributed by atoms with Gasteiger partial charge in [0, 0.05) is 5.56 Å². The van der Waals surface area contributed by atoms with Crippen molar-refractivity contribution in [2.75, 3.05) is 0 Å². The quantitative estimate of drug-likeness (QED) is 0.462. The van der Waals surface area contributed by atoms with Gasteiger partial charge in [-0.2, -0.15) is 0 Å². The highest BCUT2D eigenvalue weighted by molar-refractivity contribution is 6.83.